The second-order valence-electron chi connectivity index (χ2n) is 4.02. The molecule has 0 unspecified atom stereocenters. The largest absolute Gasteiger partial charge is 0.507 e. The Balaban J connectivity index is 2.64. The van der Waals surface area contributed by atoms with E-state index in [4.69, 9.17) is 11.6 Å². The fourth-order valence-corrected chi connectivity index (χ4v) is 2.16. The summed E-state index contributed by atoms with van der Waals surface area (Å²) in [5, 5.41) is 12.2. The van der Waals surface area contributed by atoms with E-state index in [9.17, 15) is 18.3 Å². The third-order valence-electron chi connectivity index (χ3n) is 2.41. The van der Waals surface area contributed by atoms with Crippen molar-refractivity contribution in [3.05, 3.63) is 28.8 Å². The highest BCUT2D eigenvalue weighted by Gasteiger charge is 2.15. The zero-order chi connectivity index (χ0) is 14.6. The van der Waals surface area contributed by atoms with Gasteiger partial charge in [0.25, 0.3) is 5.91 Å². The molecule has 0 aliphatic carbocycles. The van der Waals surface area contributed by atoms with Crippen molar-refractivity contribution in [2.24, 2.45) is 0 Å². The zero-order valence-corrected chi connectivity index (χ0v) is 12.1. The van der Waals surface area contributed by atoms with Crippen LogP contribution in [0.1, 0.15) is 10.4 Å². The van der Waals surface area contributed by atoms with Crippen LogP contribution < -0.4 is 5.32 Å². The Kier molecular flexibility index (Phi) is 5.16. The highest BCUT2D eigenvalue weighted by atomic mass is 35.5. The van der Waals surface area contributed by atoms with Gasteiger partial charge >= 0.3 is 0 Å². The number of nitrogens with zero attached hydrogens (tertiary/aromatic N) is 1. The molecular formula is C11H15ClN2O4S. The van der Waals surface area contributed by atoms with Gasteiger partial charge in [-0.2, -0.15) is 0 Å². The van der Waals surface area contributed by atoms with Gasteiger partial charge in [-0.05, 0) is 18.2 Å². The van der Waals surface area contributed by atoms with E-state index in [-0.39, 0.29) is 23.6 Å². The fourth-order valence-electron chi connectivity index (χ4n) is 1.26. The minimum absolute atomic E-state index is 0.00903. The molecule has 0 aliphatic heterocycles. The maximum atomic E-state index is 11.7. The number of hydrogen-bond acceptors (Lipinski definition) is 4. The van der Waals surface area contributed by atoms with Crippen molar-refractivity contribution in [2.75, 3.05) is 26.4 Å². The number of hydrogen-bond donors (Lipinski definition) is 2. The van der Waals surface area contributed by atoms with Crippen LogP contribution in [-0.4, -0.2) is 50.1 Å². The molecule has 0 saturated carbocycles. The van der Waals surface area contributed by atoms with Gasteiger partial charge < -0.3 is 10.4 Å². The standard InChI is InChI=1S/C11H15ClN2O4S/c1-14(2)19(17,18)6-5-13-11(16)9-7-8(12)3-4-10(9)15/h3-4,7,15H,5-6H2,1-2H3,(H,13,16). The molecule has 106 valence electrons. The summed E-state index contributed by atoms with van der Waals surface area (Å²) in [6.07, 6.45) is 0. The molecule has 0 fully saturated rings. The monoisotopic (exact) mass is 306 g/mol. The maximum Gasteiger partial charge on any atom is 0.255 e. The Morgan fingerprint density at radius 3 is 2.63 bits per heavy atom. The number of carbonyl (C=O) groups excluding carboxylic acids is 1. The number of nitrogens with one attached hydrogen (secondary N) is 1. The second-order valence-corrected chi connectivity index (χ2v) is 6.75. The van der Waals surface area contributed by atoms with Crippen molar-refractivity contribution in [2.45, 2.75) is 0 Å². The SMILES string of the molecule is CN(C)S(=O)(=O)CCNC(=O)c1cc(Cl)ccc1O. The van der Waals surface area contributed by atoms with Crippen molar-refractivity contribution in [1.82, 2.24) is 9.62 Å². The lowest BCUT2D eigenvalue weighted by atomic mass is 10.2. The first kappa shape index (κ1) is 15.7. The number of amides is 1. The van der Waals surface area contributed by atoms with Crippen LogP contribution in [0.25, 0.3) is 0 Å². The lowest BCUT2D eigenvalue weighted by molar-refractivity contribution is 0.0953. The number of phenols is 1. The van der Waals surface area contributed by atoms with Gasteiger partial charge in [0.1, 0.15) is 5.75 Å². The lowest BCUT2D eigenvalue weighted by Crippen LogP contribution is -2.33. The molecule has 1 aromatic carbocycles. The van der Waals surface area contributed by atoms with E-state index in [1.54, 1.807) is 0 Å². The summed E-state index contributed by atoms with van der Waals surface area (Å²) in [6, 6.07) is 4.06. The summed E-state index contributed by atoms with van der Waals surface area (Å²) in [4.78, 5) is 11.7. The molecule has 2 N–H and O–H groups in total. The normalized spacial score (nSPS) is 11.6. The Bertz CT molecular complexity index is 572. The molecule has 8 heteroatoms. The Morgan fingerprint density at radius 1 is 1.42 bits per heavy atom. The Labute approximate surface area is 117 Å². The van der Waals surface area contributed by atoms with Crippen molar-refractivity contribution in [3.8, 4) is 5.75 Å². The molecule has 19 heavy (non-hydrogen) atoms. The van der Waals surface area contributed by atoms with Gasteiger partial charge in [-0.1, -0.05) is 11.6 Å². The molecule has 0 saturated heterocycles. The molecule has 0 bridgehead atoms. The van der Waals surface area contributed by atoms with Gasteiger partial charge in [-0.3, -0.25) is 4.79 Å². The molecule has 0 spiro atoms. The number of halogens is 1. The van der Waals surface area contributed by atoms with Crippen molar-refractivity contribution >= 4 is 27.5 Å². The van der Waals surface area contributed by atoms with E-state index in [2.05, 4.69) is 5.32 Å². The maximum absolute atomic E-state index is 11.7. The predicted octanol–water partition coefficient (Wildman–Crippen LogP) is 0.667. The van der Waals surface area contributed by atoms with Crippen LogP contribution in [0.15, 0.2) is 18.2 Å². The molecule has 0 aromatic heterocycles. The molecule has 0 aliphatic rings. The Hall–Kier alpha value is -1.31. The summed E-state index contributed by atoms with van der Waals surface area (Å²) in [5.41, 5.74) is 0.00903. The molecule has 6 nitrogen and oxygen atoms in total. The quantitative estimate of drug-likeness (QED) is 0.837. The van der Waals surface area contributed by atoms with Crippen LogP contribution in [0, 0.1) is 0 Å². The number of rotatable bonds is 5. The molecular weight excluding hydrogens is 292 g/mol. The van der Waals surface area contributed by atoms with Crippen LogP contribution >= 0.6 is 11.6 Å². The van der Waals surface area contributed by atoms with Crippen LogP contribution in [0.5, 0.6) is 5.75 Å². The molecule has 0 atom stereocenters. The van der Waals surface area contributed by atoms with E-state index >= 15 is 0 Å². The highest BCUT2D eigenvalue weighted by molar-refractivity contribution is 7.89. The van der Waals surface area contributed by atoms with E-state index in [1.807, 2.05) is 0 Å². The van der Waals surface area contributed by atoms with Gasteiger partial charge in [0.15, 0.2) is 0 Å². The van der Waals surface area contributed by atoms with Gasteiger partial charge in [-0.25, -0.2) is 12.7 Å². The van der Waals surface area contributed by atoms with Gasteiger partial charge in [0.05, 0.1) is 11.3 Å². The first-order chi connectivity index (χ1) is 8.74. The first-order valence-electron chi connectivity index (χ1n) is 5.41. The summed E-state index contributed by atoms with van der Waals surface area (Å²) in [5.74, 6) is -1.00. The first-order valence-corrected chi connectivity index (χ1v) is 7.39. The minimum atomic E-state index is -3.36. The lowest BCUT2D eigenvalue weighted by Gasteiger charge is -2.12. The van der Waals surface area contributed by atoms with Crippen LogP contribution in [0.3, 0.4) is 0 Å². The van der Waals surface area contributed by atoms with E-state index in [0.29, 0.717) is 5.02 Å². The third kappa shape index (κ3) is 4.38. The van der Waals surface area contributed by atoms with Crippen molar-refractivity contribution < 1.29 is 18.3 Å². The van der Waals surface area contributed by atoms with E-state index in [0.717, 1.165) is 4.31 Å². The van der Waals surface area contributed by atoms with Crippen molar-refractivity contribution in [1.29, 1.82) is 0 Å². The van der Waals surface area contributed by atoms with Gasteiger partial charge in [-0.15, -0.1) is 0 Å². The summed E-state index contributed by atoms with van der Waals surface area (Å²) >= 11 is 5.72. The molecule has 1 aromatic rings. The molecule has 1 amide bonds. The van der Waals surface area contributed by atoms with Gasteiger partial charge in [0.2, 0.25) is 10.0 Å². The van der Waals surface area contributed by atoms with Crippen LogP contribution in [0.4, 0.5) is 0 Å². The van der Waals surface area contributed by atoms with Crippen LogP contribution in [0.2, 0.25) is 5.02 Å². The van der Waals surface area contributed by atoms with Gasteiger partial charge in [0, 0.05) is 25.7 Å². The van der Waals surface area contributed by atoms with E-state index < -0.39 is 15.9 Å². The number of benzene rings is 1. The summed E-state index contributed by atoms with van der Waals surface area (Å²) < 4.78 is 24.0. The average molecular weight is 307 g/mol. The molecule has 0 radical (unpaired) electrons. The number of aromatic hydroxyl groups is 1. The predicted molar refractivity (Wildman–Crippen MR) is 72.9 cm³/mol. The topological polar surface area (TPSA) is 86.7 Å². The number of phenolic OH excluding ortho intramolecular Hbond substituents is 1. The fraction of sp³-hybridized carbons (Fsp3) is 0.364. The summed E-state index contributed by atoms with van der Waals surface area (Å²) in [6.45, 7) is -0.0503. The average Bonchev–Trinajstić information content (AvgIpc) is 2.31. The number of carbonyl (C=O) groups is 1. The summed E-state index contributed by atoms with van der Waals surface area (Å²) in [7, 11) is -0.531. The number of sulfonamides is 1. The Morgan fingerprint density at radius 2 is 2.05 bits per heavy atom. The molecule has 0 heterocycles. The van der Waals surface area contributed by atoms with E-state index in [1.165, 1.54) is 32.3 Å². The second kappa shape index (κ2) is 6.23. The minimum Gasteiger partial charge on any atom is -0.507 e. The zero-order valence-electron chi connectivity index (χ0n) is 10.6. The van der Waals surface area contributed by atoms with Crippen molar-refractivity contribution in [3.63, 3.8) is 0 Å². The highest BCUT2D eigenvalue weighted by Crippen LogP contribution is 2.21. The smallest absolute Gasteiger partial charge is 0.255 e. The van der Waals surface area contributed by atoms with Crippen LogP contribution in [-0.2, 0) is 10.0 Å². The third-order valence-corrected chi connectivity index (χ3v) is 4.47. The molecule has 1 rings (SSSR count).